The number of aliphatic hydroxyl groups is 3. The Labute approximate surface area is 75.3 Å². The van der Waals surface area contributed by atoms with Gasteiger partial charge in [0, 0.05) is 0 Å². The minimum atomic E-state index is -3.20. The van der Waals surface area contributed by atoms with Crippen LogP contribution in [-0.4, -0.2) is 44.2 Å². The highest BCUT2D eigenvalue weighted by Gasteiger charge is 2.42. The summed E-state index contributed by atoms with van der Waals surface area (Å²) in [6, 6.07) is 0. The zero-order valence-electron chi connectivity index (χ0n) is 6.47. The molecule has 0 aliphatic rings. The molecule has 0 heterocycles. The van der Waals surface area contributed by atoms with E-state index in [0.717, 1.165) is 0 Å². The molecule has 0 aromatic carbocycles. The van der Waals surface area contributed by atoms with E-state index in [1.54, 1.807) is 0 Å². The monoisotopic (exact) mass is 214 g/mol. The highest BCUT2D eigenvalue weighted by molar-refractivity contribution is 4.65. The van der Waals surface area contributed by atoms with Crippen molar-refractivity contribution in [3.8, 4) is 0 Å². The lowest BCUT2D eigenvalue weighted by atomic mass is 10.3. The molecule has 82 valence electrons. The predicted octanol–water partition coefficient (Wildman–Crippen LogP) is -2.60. The zero-order valence-corrected chi connectivity index (χ0v) is 6.47. The van der Waals surface area contributed by atoms with E-state index in [-0.39, 0.29) is 0 Å². The maximum absolute atomic E-state index is 9.74. The zero-order chi connectivity index (χ0) is 11.4. The fraction of sp³-hybridized carbons (Fsp3) is 1.00. The number of nitrogens with zero attached hydrogens (tertiary/aromatic N) is 2. The molecule has 0 rings (SSSR count). The number of hydrogen-bond donors (Lipinski definition) is 3. The molecule has 11 nitrogen and oxygen atoms in total. The highest BCUT2D eigenvalue weighted by Crippen LogP contribution is 2.13. The average molecular weight is 214 g/mol. The van der Waals surface area contributed by atoms with Crippen molar-refractivity contribution in [1.82, 2.24) is 0 Å². The number of hydrogen-bond acceptors (Lipinski definition) is 9. The molecule has 0 fully saturated rings. The van der Waals surface area contributed by atoms with Crippen LogP contribution < -0.4 is 0 Å². The number of rotatable bonds is 6. The summed E-state index contributed by atoms with van der Waals surface area (Å²) < 4.78 is 0. The first kappa shape index (κ1) is 12.3. The van der Waals surface area contributed by atoms with Gasteiger partial charge in [-0.25, -0.2) is 0 Å². The summed E-state index contributed by atoms with van der Waals surface area (Å²) in [5.74, 6) is -3.20. The van der Waals surface area contributed by atoms with Crippen LogP contribution in [0, 0.1) is 20.2 Å². The van der Waals surface area contributed by atoms with E-state index in [1.165, 1.54) is 0 Å². The smallest absolute Gasteiger partial charge is 0.297 e. The van der Waals surface area contributed by atoms with Gasteiger partial charge < -0.3 is 15.3 Å². The first-order chi connectivity index (χ1) is 6.31. The molecule has 0 aromatic rings. The lowest BCUT2D eigenvalue weighted by Crippen LogP contribution is -2.51. The van der Waals surface area contributed by atoms with Crippen molar-refractivity contribution in [3.63, 3.8) is 0 Å². The van der Waals surface area contributed by atoms with Gasteiger partial charge in [0.25, 0.3) is 22.3 Å². The molecule has 0 saturated heterocycles. The van der Waals surface area contributed by atoms with Crippen LogP contribution >= 0.6 is 0 Å². The molecule has 2 unspecified atom stereocenters. The molecule has 14 heavy (non-hydrogen) atoms. The Balaban J connectivity index is 4.49. The van der Waals surface area contributed by atoms with E-state index in [2.05, 4.69) is 9.68 Å². The molecule has 0 aromatic heterocycles. The Hall–Kier alpha value is -1.72. The SMILES string of the molecule is O=[N+]([O-])OC(O)C(O)(CO)O[N+](=O)[O-]. The molecule has 0 aliphatic carbocycles. The van der Waals surface area contributed by atoms with Crippen molar-refractivity contribution in [1.29, 1.82) is 0 Å². The van der Waals surface area contributed by atoms with Crippen molar-refractivity contribution in [2.24, 2.45) is 0 Å². The topological polar surface area (TPSA) is 165 Å². The van der Waals surface area contributed by atoms with Gasteiger partial charge in [-0.05, 0) is 0 Å². The van der Waals surface area contributed by atoms with Crippen LogP contribution in [0.1, 0.15) is 0 Å². The van der Waals surface area contributed by atoms with Crippen molar-refractivity contribution in [2.45, 2.75) is 12.1 Å². The first-order valence-corrected chi connectivity index (χ1v) is 2.98. The minimum absolute atomic E-state index is 1.47. The van der Waals surface area contributed by atoms with Crippen molar-refractivity contribution >= 4 is 0 Å². The molecule has 0 aliphatic heterocycles. The Morgan fingerprint density at radius 2 is 1.86 bits per heavy atom. The van der Waals surface area contributed by atoms with Gasteiger partial charge in [-0.3, -0.25) is 9.68 Å². The van der Waals surface area contributed by atoms with Crippen LogP contribution in [0.25, 0.3) is 0 Å². The predicted molar refractivity (Wildman–Crippen MR) is 34.2 cm³/mol. The van der Waals surface area contributed by atoms with Gasteiger partial charge in [0.1, 0.15) is 6.61 Å². The van der Waals surface area contributed by atoms with Gasteiger partial charge in [0.05, 0.1) is 0 Å². The van der Waals surface area contributed by atoms with Gasteiger partial charge in [0.15, 0.2) is 0 Å². The molecule has 0 radical (unpaired) electrons. The summed E-state index contributed by atoms with van der Waals surface area (Å²) in [4.78, 5) is 26.1. The average Bonchev–Trinajstić information content (AvgIpc) is 2.01. The van der Waals surface area contributed by atoms with Crippen LogP contribution in [0.5, 0.6) is 0 Å². The Morgan fingerprint density at radius 1 is 1.36 bits per heavy atom. The van der Waals surface area contributed by atoms with E-state index in [1.807, 2.05) is 0 Å². The summed E-state index contributed by atoms with van der Waals surface area (Å²) in [6.45, 7) is -1.47. The lowest BCUT2D eigenvalue weighted by molar-refractivity contribution is -0.833. The van der Waals surface area contributed by atoms with Crippen LogP contribution in [0.3, 0.4) is 0 Å². The third kappa shape index (κ3) is 3.34. The molecule has 0 amide bonds. The summed E-state index contributed by atoms with van der Waals surface area (Å²) in [7, 11) is 0. The summed E-state index contributed by atoms with van der Waals surface area (Å²) >= 11 is 0. The second-order valence-electron chi connectivity index (χ2n) is 2.00. The van der Waals surface area contributed by atoms with E-state index >= 15 is 0 Å². The van der Waals surface area contributed by atoms with Crippen LogP contribution in [0.15, 0.2) is 0 Å². The molecule has 0 spiro atoms. The van der Waals surface area contributed by atoms with Gasteiger partial charge in [-0.2, -0.15) is 0 Å². The molecule has 0 saturated carbocycles. The Kier molecular flexibility index (Phi) is 3.95. The first-order valence-electron chi connectivity index (χ1n) is 2.98. The fourth-order valence-corrected chi connectivity index (χ4v) is 0.445. The molecule has 11 heteroatoms. The van der Waals surface area contributed by atoms with E-state index < -0.39 is 28.9 Å². The van der Waals surface area contributed by atoms with Crippen molar-refractivity contribution in [2.75, 3.05) is 6.61 Å². The summed E-state index contributed by atoms with van der Waals surface area (Å²) in [5, 5.41) is 42.3. The summed E-state index contributed by atoms with van der Waals surface area (Å²) in [6.07, 6.45) is -2.70. The molecule has 2 atom stereocenters. The van der Waals surface area contributed by atoms with Crippen LogP contribution in [-0.2, 0) is 9.68 Å². The van der Waals surface area contributed by atoms with Gasteiger partial charge in [-0.1, -0.05) is 0 Å². The molecule has 0 bridgehead atoms. The second-order valence-corrected chi connectivity index (χ2v) is 2.00. The maximum Gasteiger partial charge on any atom is 0.297 e. The van der Waals surface area contributed by atoms with Crippen molar-refractivity contribution in [3.05, 3.63) is 20.2 Å². The van der Waals surface area contributed by atoms with E-state index in [4.69, 9.17) is 15.3 Å². The lowest BCUT2D eigenvalue weighted by Gasteiger charge is -2.25. The van der Waals surface area contributed by atoms with Gasteiger partial charge in [-0.15, -0.1) is 20.2 Å². The maximum atomic E-state index is 9.74. The summed E-state index contributed by atoms with van der Waals surface area (Å²) in [5.41, 5.74) is 0. The molecular weight excluding hydrogens is 208 g/mol. The van der Waals surface area contributed by atoms with E-state index in [9.17, 15) is 20.2 Å². The highest BCUT2D eigenvalue weighted by atomic mass is 17.0. The Bertz CT molecular complexity index is 230. The van der Waals surface area contributed by atoms with Crippen LogP contribution in [0.2, 0.25) is 0 Å². The van der Waals surface area contributed by atoms with Gasteiger partial charge >= 0.3 is 0 Å². The molecular formula is C3H6N2O9. The third-order valence-corrected chi connectivity index (χ3v) is 1.03. The largest absolute Gasteiger partial charge is 0.391 e. The fourth-order valence-electron chi connectivity index (χ4n) is 0.445. The van der Waals surface area contributed by atoms with E-state index in [0.29, 0.717) is 0 Å². The van der Waals surface area contributed by atoms with Gasteiger partial charge in [0.2, 0.25) is 0 Å². The standard InChI is InChI=1S/C3H6N2O9/c6-1-3(8,14-5(11)12)2(7)13-4(9)10/h2,6-8H,1H2. The minimum Gasteiger partial charge on any atom is -0.391 e. The quantitative estimate of drug-likeness (QED) is 0.244. The number of aliphatic hydroxyl groups excluding tert-OH is 2. The Morgan fingerprint density at radius 3 is 2.14 bits per heavy atom. The molecule has 3 N–H and O–H groups in total. The van der Waals surface area contributed by atoms with Crippen molar-refractivity contribution < 1.29 is 35.2 Å². The normalized spacial score (nSPS) is 16.5. The third-order valence-electron chi connectivity index (χ3n) is 1.03. The second kappa shape index (κ2) is 4.50. The van der Waals surface area contributed by atoms with Crippen LogP contribution in [0.4, 0.5) is 0 Å².